The Morgan fingerprint density at radius 2 is 0.771 bits per heavy atom. The van der Waals surface area contributed by atoms with E-state index >= 15 is 0 Å². The van der Waals surface area contributed by atoms with E-state index in [-0.39, 0.29) is 26.1 Å². The summed E-state index contributed by atoms with van der Waals surface area (Å²) in [7, 11) is 1.15. The molecule has 0 heterocycles. The van der Waals surface area contributed by atoms with Crippen molar-refractivity contribution in [2.45, 2.75) is 251 Å². The lowest BCUT2D eigenvalue weighted by Gasteiger charge is -2.28. The number of allylic oxidation sites excluding steroid dienone is 12. The molecule has 0 saturated carbocycles. The summed E-state index contributed by atoms with van der Waals surface area (Å²) < 4.78 is 34.1. The minimum absolute atomic E-state index is 0.0369. The van der Waals surface area contributed by atoms with Crippen LogP contribution < -0.4 is 4.89 Å². The monoisotopic (exact) mass is 1000 g/mol. The van der Waals surface area contributed by atoms with Gasteiger partial charge in [0, 0.05) is 12.8 Å². The minimum Gasteiger partial charge on any atom is -0.756 e. The highest BCUT2D eigenvalue weighted by atomic mass is 31.2. The second kappa shape index (κ2) is 51.4. The van der Waals surface area contributed by atoms with Crippen LogP contribution in [0, 0.1) is 0 Å². The predicted octanol–water partition coefficient (Wildman–Crippen LogP) is 17.1. The van der Waals surface area contributed by atoms with Crippen molar-refractivity contribution in [2.75, 3.05) is 47.5 Å². The molecule has 0 radical (unpaired) electrons. The molecule has 70 heavy (non-hydrogen) atoms. The first kappa shape index (κ1) is 67.5. The van der Waals surface area contributed by atoms with E-state index in [2.05, 4.69) is 86.8 Å². The topological polar surface area (TPSA) is 111 Å². The zero-order chi connectivity index (χ0) is 51.3. The molecule has 0 amide bonds. The van der Waals surface area contributed by atoms with Crippen molar-refractivity contribution in [2.24, 2.45) is 0 Å². The Morgan fingerprint density at radius 1 is 0.443 bits per heavy atom. The Kier molecular flexibility index (Phi) is 49.5. The predicted molar refractivity (Wildman–Crippen MR) is 296 cm³/mol. The molecule has 0 aliphatic carbocycles. The van der Waals surface area contributed by atoms with Crippen molar-refractivity contribution >= 4 is 19.8 Å². The summed E-state index contributed by atoms with van der Waals surface area (Å²) >= 11 is 0. The minimum atomic E-state index is -4.64. The summed E-state index contributed by atoms with van der Waals surface area (Å²) in [6.07, 6.45) is 66.5. The fourth-order valence-electron chi connectivity index (χ4n) is 7.73. The van der Waals surface area contributed by atoms with Crippen LogP contribution in [0.4, 0.5) is 0 Å². The first-order valence-corrected chi connectivity index (χ1v) is 30.1. The third kappa shape index (κ3) is 54.8. The average molecular weight is 1000 g/mol. The van der Waals surface area contributed by atoms with Crippen LogP contribution in [0.5, 0.6) is 0 Å². The lowest BCUT2D eigenvalue weighted by Crippen LogP contribution is -2.37. The molecule has 2 atom stereocenters. The van der Waals surface area contributed by atoms with E-state index in [9.17, 15) is 19.0 Å². The molecule has 0 bridgehead atoms. The van der Waals surface area contributed by atoms with Gasteiger partial charge in [0.2, 0.25) is 0 Å². The molecule has 10 heteroatoms. The van der Waals surface area contributed by atoms with Crippen molar-refractivity contribution in [1.82, 2.24) is 0 Å². The summed E-state index contributed by atoms with van der Waals surface area (Å²) in [5.41, 5.74) is 0. The van der Waals surface area contributed by atoms with Gasteiger partial charge in [0.25, 0.3) is 7.82 Å². The molecule has 0 N–H and O–H groups in total. The Bertz CT molecular complexity index is 1410. The smallest absolute Gasteiger partial charge is 0.306 e. The van der Waals surface area contributed by atoms with Gasteiger partial charge in [-0.2, -0.15) is 0 Å². The highest BCUT2D eigenvalue weighted by Crippen LogP contribution is 2.38. The van der Waals surface area contributed by atoms with Crippen LogP contribution in [-0.4, -0.2) is 70.0 Å². The van der Waals surface area contributed by atoms with Crippen molar-refractivity contribution in [1.29, 1.82) is 0 Å². The summed E-state index contributed by atoms with van der Waals surface area (Å²) in [6.45, 7) is 4.20. The number of unbranched alkanes of at least 4 members (excludes halogenated alkanes) is 26. The van der Waals surface area contributed by atoms with Crippen molar-refractivity contribution in [3.8, 4) is 0 Å². The van der Waals surface area contributed by atoms with E-state index in [0.29, 0.717) is 23.9 Å². The number of carbonyl (C=O) groups excluding carboxylic acids is 2. The number of quaternary nitrogens is 1. The van der Waals surface area contributed by atoms with E-state index in [4.69, 9.17) is 18.5 Å². The number of ether oxygens (including phenoxy) is 2. The molecule has 0 aromatic heterocycles. The van der Waals surface area contributed by atoms with E-state index < -0.39 is 32.5 Å². The van der Waals surface area contributed by atoms with Crippen LogP contribution in [0.2, 0.25) is 0 Å². The zero-order valence-corrected chi connectivity index (χ0v) is 46.8. The molecule has 0 aliphatic heterocycles. The van der Waals surface area contributed by atoms with E-state index in [0.717, 1.165) is 77.0 Å². The van der Waals surface area contributed by atoms with Crippen molar-refractivity contribution in [3.63, 3.8) is 0 Å². The quantitative estimate of drug-likeness (QED) is 0.0195. The van der Waals surface area contributed by atoms with Crippen molar-refractivity contribution in [3.05, 3.63) is 72.9 Å². The molecule has 0 rings (SSSR count). The number of hydrogen-bond acceptors (Lipinski definition) is 8. The van der Waals surface area contributed by atoms with Gasteiger partial charge in [-0.3, -0.25) is 14.2 Å². The molecule has 0 aromatic carbocycles. The lowest BCUT2D eigenvalue weighted by atomic mass is 10.0. The maximum Gasteiger partial charge on any atom is 0.306 e. The number of hydrogen-bond donors (Lipinski definition) is 0. The summed E-state index contributed by atoms with van der Waals surface area (Å²) in [6, 6.07) is 0. The van der Waals surface area contributed by atoms with Crippen LogP contribution in [0.25, 0.3) is 0 Å². The first-order chi connectivity index (χ1) is 34.0. The van der Waals surface area contributed by atoms with Crippen LogP contribution in [0.3, 0.4) is 0 Å². The molecular weight excluding hydrogens is 894 g/mol. The molecule has 0 aliphatic rings. The lowest BCUT2D eigenvalue weighted by molar-refractivity contribution is -0.870. The number of likely N-dealkylation sites (N-methyl/N-ethyl adjacent to an activating group) is 1. The van der Waals surface area contributed by atoms with E-state index in [1.165, 1.54) is 128 Å². The van der Waals surface area contributed by atoms with Gasteiger partial charge in [-0.25, -0.2) is 0 Å². The highest BCUT2D eigenvalue weighted by Gasteiger charge is 2.21. The van der Waals surface area contributed by atoms with E-state index in [1.807, 2.05) is 21.1 Å². The van der Waals surface area contributed by atoms with Gasteiger partial charge in [-0.05, 0) is 89.9 Å². The maximum atomic E-state index is 12.8. The fraction of sp³-hybridized carbons (Fsp3) is 0.767. The van der Waals surface area contributed by atoms with Crippen molar-refractivity contribution < 1.29 is 42.1 Å². The van der Waals surface area contributed by atoms with Crippen LogP contribution in [0.15, 0.2) is 72.9 Å². The summed E-state index contributed by atoms with van der Waals surface area (Å²) in [5.74, 6) is -0.851. The third-order valence-corrected chi connectivity index (χ3v) is 13.2. The number of nitrogens with zero attached hydrogens (tertiary/aromatic N) is 1. The van der Waals surface area contributed by atoms with E-state index in [1.54, 1.807) is 0 Å². The zero-order valence-electron chi connectivity index (χ0n) is 46.0. The highest BCUT2D eigenvalue weighted by molar-refractivity contribution is 7.45. The summed E-state index contributed by atoms with van der Waals surface area (Å²) in [5, 5.41) is 0. The second-order valence-electron chi connectivity index (χ2n) is 20.3. The van der Waals surface area contributed by atoms with Gasteiger partial charge in [0.15, 0.2) is 6.10 Å². The Balaban J connectivity index is 4.23. The molecule has 0 saturated heterocycles. The molecule has 406 valence electrons. The van der Waals surface area contributed by atoms with Crippen LogP contribution >= 0.6 is 7.82 Å². The average Bonchev–Trinajstić information content (AvgIpc) is 3.32. The Morgan fingerprint density at radius 3 is 1.14 bits per heavy atom. The SMILES string of the molecule is CCCCCCC/C=C\C/C=C\C/C=C\CCCCCCCCCCCCC(=O)OC(COC(=O)CCCCCCCC/C=C\C/C=C\C/C=C\CCCCCCC)COP(=O)([O-])OCC[N+](C)(C)C. The number of carbonyl (C=O) groups is 2. The summed E-state index contributed by atoms with van der Waals surface area (Å²) in [4.78, 5) is 37.9. The molecule has 2 unspecified atom stereocenters. The normalized spacial score (nSPS) is 13.9. The second-order valence-corrected chi connectivity index (χ2v) is 21.7. The largest absolute Gasteiger partial charge is 0.756 e. The Hall–Kier alpha value is -2.55. The van der Waals surface area contributed by atoms with Gasteiger partial charge in [-0.1, -0.05) is 215 Å². The van der Waals surface area contributed by atoms with Gasteiger partial charge >= 0.3 is 11.9 Å². The van der Waals surface area contributed by atoms with Crippen LogP contribution in [0.1, 0.15) is 245 Å². The number of rotatable bonds is 52. The maximum absolute atomic E-state index is 12.8. The van der Waals surface area contributed by atoms with Gasteiger partial charge in [0.05, 0.1) is 27.7 Å². The first-order valence-electron chi connectivity index (χ1n) is 28.6. The van der Waals surface area contributed by atoms with Crippen LogP contribution in [-0.2, 0) is 32.7 Å². The molecule has 0 spiro atoms. The number of phosphoric ester groups is 1. The molecular formula is C60H108NO8P. The molecule has 0 aromatic rings. The van der Waals surface area contributed by atoms with Gasteiger partial charge in [0.1, 0.15) is 19.8 Å². The number of phosphoric acid groups is 1. The van der Waals surface area contributed by atoms with Gasteiger partial charge in [-0.15, -0.1) is 0 Å². The standard InChI is InChI=1S/C60H108NO8P/c1-6-8-10-12-14-16-18-20-22-24-26-28-29-30-31-33-35-37-39-41-43-45-47-49-51-53-60(63)69-58(57-68-70(64,65)67-55-54-61(3,4)5)56-66-59(62)52-50-48-46-44-42-40-38-36-34-32-27-25-23-21-19-17-15-13-11-9-7-2/h18-21,24-27,29-30,34,36,58H,6-17,22-23,28,31-33,35,37-57H2,1-5H3/b20-18-,21-19-,26-24-,27-25-,30-29-,36-34-. The Labute approximate surface area is 431 Å². The number of esters is 2. The van der Waals surface area contributed by atoms with Gasteiger partial charge < -0.3 is 27.9 Å². The molecule has 9 nitrogen and oxygen atoms in total. The molecule has 0 fully saturated rings. The third-order valence-electron chi connectivity index (χ3n) is 12.2. The fourth-order valence-corrected chi connectivity index (χ4v) is 8.46.